The molecule has 2 heterocycles. The Morgan fingerprint density at radius 1 is 1.39 bits per heavy atom. The van der Waals surface area contributed by atoms with Crippen molar-refractivity contribution in [2.45, 2.75) is 32.7 Å². The van der Waals surface area contributed by atoms with Crippen LogP contribution in [0.2, 0.25) is 0 Å². The zero-order valence-corrected chi connectivity index (χ0v) is 16.3. The summed E-state index contributed by atoms with van der Waals surface area (Å²) in [4.78, 5) is 7.13. The summed E-state index contributed by atoms with van der Waals surface area (Å²) in [6, 6.07) is 4.28. The van der Waals surface area contributed by atoms with E-state index in [1.807, 2.05) is 19.9 Å². The molecule has 1 saturated heterocycles. The maximum Gasteiger partial charge on any atom is 0.192 e. The van der Waals surface area contributed by atoms with E-state index in [1.54, 1.807) is 0 Å². The van der Waals surface area contributed by atoms with Crippen LogP contribution in [0.5, 0.6) is 0 Å². The third-order valence-corrected chi connectivity index (χ3v) is 3.80. The van der Waals surface area contributed by atoms with Gasteiger partial charge in [-0.25, -0.2) is 0 Å². The standard InChI is InChI=1S/C17H26N4O.HI/c1-4-10-19-17(18-5-2)20-13-15(21-11-6-7-12-21)16-9-8-14(3)22-16;/h1,8-9,15H,5-7,10-13H2,2-3H3,(H2,18,19,20);1H. The van der Waals surface area contributed by atoms with Crippen LogP contribution in [0.15, 0.2) is 21.5 Å². The fourth-order valence-electron chi connectivity index (χ4n) is 2.73. The van der Waals surface area contributed by atoms with E-state index in [1.165, 1.54) is 12.8 Å². The molecular weight excluding hydrogens is 403 g/mol. The highest BCUT2D eigenvalue weighted by Gasteiger charge is 2.25. The summed E-state index contributed by atoms with van der Waals surface area (Å²) in [5.41, 5.74) is 0. The van der Waals surface area contributed by atoms with Crippen LogP contribution < -0.4 is 10.6 Å². The smallest absolute Gasteiger partial charge is 0.192 e. The Bertz CT molecular complexity index is 529. The third-order valence-electron chi connectivity index (χ3n) is 3.80. The van der Waals surface area contributed by atoms with Gasteiger partial charge in [-0.1, -0.05) is 5.92 Å². The topological polar surface area (TPSA) is 52.8 Å². The van der Waals surface area contributed by atoms with E-state index in [0.717, 1.165) is 37.1 Å². The minimum absolute atomic E-state index is 0. The van der Waals surface area contributed by atoms with Gasteiger partial charge < -0.3 is 15.1 Å². The number of nitrogens with zero attached hydrogens (tertiary/aromatic N) is 2. The molecule has 2 rings (SSSR count). The quantitative estimate of drug-likeness (QED) is 0.315. The van der Waals surface area contributed by atoms with Crippen molar-refractivity contribution < 1.29 is 4.42 Å². The Kier molecular flexibility index (Phi) is 9.10. The average molecular weight is 430 g/mol. The van der Waals surface area contributed by atoms with Gasteiger partial charge in [0.25, 0.3) is 0 Å². The number of guanidine groups is 1. The molecule has 1 fully saturated rings. The van der Waals surface area contributed by atoms with Gasteiger partial charge in [0, 0.05) is 6.54 Å². The summed E-state index contributed by atoms with van der Waals surface area (Å²) in [6.07, 6.45) is 7.79. The van der Waals surface area contributed by atoms with Crippen LogP contribution in [0.25, 0.3) is 0 Å². The van der Waals surface area contributed by atoms with Gasteiger partial charge in [0.05, 0.1) is 19.1 Å². The molecule has 2 N–H and O–H groups in total. The molecule has 0 radical (unpaired) electrons. The van der Waals surface area contributed by atoms with E-state index < -0.39 is 0 Å². The number of hydrogen-bond acceptors (Lipinski definition) is 3. The molecule has 0 amide bonds. The van der Waals surface area contributed by atoms with Gasteiger partial charge in [0.15, 0.2) is 5.96 Å². The second kappa shape index (κ2) is 10.6. The fraction of sp³-hybridized carbons (Fsp3) is 0.588. The number of aryl methyl sites for hydroxylation is 1. The molecule has 1 aromatic heterocycles. The first-order chi connectivity index (χ1) is 10.7. The predicted molar refractivity (Wildman–Crippen MR) is 105 cm³/mol. The lowest BCUT2D eigenvalue weighted by Crippen LogP contribution is -2.38. The predicted octanol–water partition coefficient (Wildman–Crippen LogP) is 2.53. The van der Waals surface area contributed by atoms with Crippen molar-refractivity contribution in [2.24, 2.45) is 4.99 Å². The van der Waals surface area contributed by atoms with Crippen LogP contribution >= 0.6 is 24.0 Å². The van der Waals surface area contributed by atoms with Gasteiger partial charge in [0.2, 0.25) is 0 Å². The van der Waals surface area contributed by atoms with Crippen LogP contribution in [-0.2, 0) is 0 Å². The lowest BCUT2D eigenvalue weighted by molar-refractivity contribution is 0.219. The number of hydrogen-bond donors (Lipinski definition) is 2. The highest BCUT2D eigenvalue weighted by Crippen LogP contribution is 2.26. The van der Waals surface area contributed by atoms with Crippen LogP contribution in [-0.4, -0.2) is 43.6 Å². The Morgan fingerprint density at radius 3 is 2.70 bits per heavy atom. The van der Waals surface area contributed by atoms with Crippen LogP contribution in [0.1, 0.15) is 37.3 Å². The highest BCUT2D eigenvalue weighted by molar-refractivity contribution is 14.0. The first-order valence-electron chi connectivity index (χ1n) is 8.00. The highest BCUT2D eigenvalue weighted by atomic mass is 127. The van der Waals surface area contributed by atoms with Crippen molar-refractivity contribution in [3.05, 3.63) is 23.7 Å². The number of likely N-dealkylation sites (tertiary alicyclic amines) is 1. The number of halogens is 1. The maximum absolute atomic E-state index is 5.85. The molecular formula is C17H27IN4O. The second-order valence-electron chi connectivity index (χ2n) is 5.48. The minimum atomic E-state index is 0. The molecule has 1 unspecified atom stereocenters. The zero-order chi connectivity index (χ0) is 15.8. The van der Waals surface area contributed by atoms with E-state index in [4.69, 9.17) is 10.8 Å². The zero-order valence-electron chi connectivity index (χ0n) is 14.0. The van der Waals surface area contributed by atoms with Crippen molar-refractivity contribution in [3.63, 3.8) is 0 Å². The molecule has 5 nitrogen and oxygen atoms in total. The van der Waals surface area contributed by atoms with Gasteiger partial charge in [-0.2, -0.15) is 0 Å². The molecule has 0 aliphatic carbocycles. The Balaban J connectivity index is 0.00000264. The molecule has 0 spiro atoms. The summed E-state index contributed by atoms with van der Waals surface area (Å²) in [7, 11) is 0. The van der Waals surface area contributed by atoms with Crippen molar-refractivity contribution >= 4 is 29.9 Å². The number of aliphatic imine (C=N–C) groups is 1. The number of terminal acetylenes is 1. The van der Waals surface area contributed by atoms with Crippen LogP contribution in [0.4, 0.5) is 0 Å². The van der Waals surface area contributed by atoms with Gasteiger partial charge in [0.1, 0.15) is 11.5 Å². The third kappa shape index (κ3) is 6.07. The van der Waals surface area contributed by atoms with Gasteiger partial charge in [-0.3, -0.25) is 9.89 Å². The molecule has 0 aromatic carbocycles. The summed E-state index contributed by atoms with van der Waals surface area (Å²) < 4.78 is 5.85. The summed E-state index contributed by atoms with van der Waals surface area (Å²) >= 11 is 0. The maximum atomic E-state index is 5.85. The van der Waals surface area contributed by atoms with E-state index in [-0.39, 0.29) is 30.0 Å². The van der Waals surface area contributed by atoms with E-state index in [0.29, 0.717) is 13.1 Å². The molecule has 1 aliphatic heterocycles. The first kappa shape index (κ1) is 19.8. The largest absolute Gasteiger partial charge is 0.465 e. The van der Waals surface area contributed by atoms with E-state index in [9.17, 15) is 0 Å². The molecule has 6 heteroatoms. The summed E-state index contributed by atoms with van der Waals surface area (Å²) in [5.74, 6) is 5.27. The molecule has 128 valence electrons. The summed E-state index contributed by atoms with van der Waals surface area (Å²) in [5, 5.41) is 6.34. The van der Waals surface area contributed by atoms with Crippen molar-refractivity contribution in [2.75, 3.05) is 32.7 Å². The molecule has 0 bridgehead atoms. The Labute approximate surface area is 156 Å². The SMILES string of the molecule is C#CCNC(=NCC(c1ccc(C)o1)N1CCCC1)NCC.I. The number of nitrogens with one attached hydrogen (secondary N) is 2. The fourth-order valence-corrected chi connectivity index (χ4v) is 2.73. The van der Waals surface area contributed by atoms with Gasteiger partial charge >= 0.3 is 0 Å². The van der Waals surface area contributed by atoms with Crippen LogP contribution in [0, 0.1) is 19.3 Å². The molecule has 23 heavy (non-hydrogen) atoms. The molecule has 1 aliphatic rings. The van der Waals surface area contributed by atoms with E-state index in [2.05, 4.69) is 32.5 Å². The molecule has 1 atom stereocenters. The number of rotatable bonds is 6. The monoisotopic (exact) mass is 430 g/mol. The number of furan rings is 1. The molecule has 1 aromatic rings. The first-order valence-corrected chi connectivity index (χ1v) is 8.00. The Morgan fingerprint density at radius 2 is 2.13 bits per heavy atom. The van der Waals surface area contributed by atoms with Crippen molar-refractivity contribution in [1.29, 1.82) is 0 Å². The second-order valence-corrected chi connectivity index (χ2v) is 5.48. The van der Waals surface area contributed by atoms with Crippen LogP contribution in [0.3, 0.4) is 0 Å². The lowest BCUT2D eigenvalue weighted by atomic mass is 10.2. The Hall–Kier alpha value is -1.20. The van der Waals surface area contributed by atoms with Crippen molar-refractivity contribution in [1.82, 2.24) is 15.5 Å². The minimum Gasteiger partial charge on any atom is -0.465 e. The summed E-state index contributed by atoms with van der Waals surface area (Å²) in [6.45, 7) is 8.17. The average Bonchev–Trinajstić information content (AvgIpc) is 3.17. The molecule has 0 saturated carbocycles. The van der Waals surface area contributed by atoms with Crippen molar-refractivity contribution in [3.8, 4) is 12.3 Å². The lowest BCUT2D eigenvalue weighted by Gasteiger charge is -2.24. The van der Waals surface area contributed by atoms with Gasteiger partial charge in [-0.15, -0.1) is 30.4 Å². The van der Waals surface area contributed by atoms with E-state index >= 15 is 0 Å². The van der Waals surface area contributed by atoms with Gasteiger partial charge in [-0.05, 0) is 51.9 Å². The normalized spacial score (nSPS) is 16.5.